The van der Waals surface area contributed by atoms with Gasteiger partial charge in [-0.2, -0.15) is 0 Å². The van der Waals surface area contributed by atoms with Gasteiger partial charge in [-0.1, -0.05) is 18.2 Å². The molecule has 0 saturated carbocycles. The van der Waals surface area contributed by atoms with Crippen molar-refractivity contribution in [2.45, 2.75) is 6.42 Å². The summed E-state index contributed by atoms with van der Waals surface area (Å²) in [6.45, 7) is -0.110. The van der Waals surface area contributed by atoms with E-state index >= 15 is 0 Å². The summed E-state index contributed by atoms with van der Waals surface area (Å²) in [6, 6.07) is 11.0. The molecule has 2 aromatic rings. The van der Waals surface area contributed by atoms with Crippen molar-refractivity contribution in [3.05, 3.63) is 71.3 Å². The average Bonchev–Trinajstić information content (AvgIpc) is 2.54. The highest BCUT2D eigenvalue weighted by Gasteiger charge is 2.10. The molecule has 6 heteroatoms. The van der Waals surface area contributed by atoms with Gasteiger partial charge < -0.3 is 10.1 Å². The molecule has 0 aliphatic rings. The molecule has 1 N–H and O–H groups in total. The van der Waals surface area contributed by atoms with Gasteiger partial charge >= 0.3 is 5.97 Å². The number of nitrogens with one attached hydrogen (secondary N) is 1. The van der Waals surface area contributed by atoms with Gasteiger partial charge in [-0.15, -0.1) is 0 Å². The molecule has 0 unspecified atom stereocenters. The second-order valence-electron chi connectivity index (χ2n) is 4.81. The minimum atomic E-state index is -0.766. The quantitative estimate of drug-likeness (QED) is 0.832. The summed E-state index contributed by atoms with van der Waals surface area (Å²) in [5.41, 5.74) is 0.924. The van der Waals surface area contributed by atoms with Gasteiger partial charge in [0, 0.05) is 6.54 Å². The molecule has 0 aliphatic heterocycles. The zero-order valence-electron chi connectivity index (χ0n) is 12.2. The van der Waals surface area contributed by atoms with E-state index < -0.39 is 24.3 Å². The molecular formula is C17H15F2NO3. The summed E-state index contributed by atoms with van der Waals surface area (Å²) in [4.78, 5) is 23.2. The summed E-state index contributed by atoms with van der Waals surface area (Å²) in [7, 11) is 0. The molecule has 0 aromatic heterocycles. The van der Waals surface area contributed by atoms with Crippen LogP contribution in [0.4, 0.5) is 8.78 Å². The van der Waals surface area contributed by atoms with E-state index in [4.69, 9.17) is 4.74 Å². The molecule has 2 rings (SSSR count). The number of amides is 1. The summed E-state index contributed by atoms with van der Waals surface area (Å²) >= 11 is 0. The Kier molecular flexibility index (Phi) is 5.80. The highest BCUT2D eigenvalue weighted by atomic mass is 19.1. The van der Waals surface area contributed by atoms with E-state index in [0.717, 1.165) is 11.6 Å². The van der Waals surface area contributed by atoms with Crippen LogP contribution < -0.4 is 5.32 Å². The van der Waals surface area contributed by atoms with Gasteiger partial charge in [-0.3, -0.25) is 4.79 Å². The molecule has 0 heterocycles. The first kappa shape index (κ1) is 16.6. The molecule has 0 atom stereocenters. The predicted molar refractivity (Wildman–Crippen MR) is 79.8 cm³/mol. The first-order valence-electron chi connectivity index (χ1n) is 6.98. The topological polar surface area (TPSA) is 55.4 Å². The fourth-order valence-electron chi connectivity index (χ4n) is 1.88. The maximum Gasteiger partial charge on any atom is 0.338 e. The van der Waals surface area contributed by atoms with Crippen LogP contribution in [0.2, 0.25) is 0 Å². The van der Waals surface area contributed by atoms with Gasteiger partial charge in [0.25, 0.3) is 5.91 Å². The molecule has 0 aliphatic carbocycles. The Labute approximate surface area is 132 Å². The molecule has 120 valence electrons. The lowest BCUT2D eigenvalue weighted by atomic mass is 10.1. The number of esters is 1. The monoisotopic (exact) mass is 319 g/mol. The van der Waals surface area contributed by atoms with Gasteiger partial charge in [-0.25, -0.2) is 13.6 Å². The maximum absolute atomic E-state index is 13.0. The van der Waals surface area contributed by atoms with Crippen LogP contribution in [0.15, 0.2) is 48.5 Å². The van der Waals surface area contributed by atoms with E-state index in [1.807, 2.05) is 0 Å². The number of ether oxygens (including phenoxy) is 1. The van der Waals surface area contributed by atoms with Crippen LogP contribution in [-0.4, -0.2) is 25.0 Å². The average molecular weight is 319 g/mol. The summed E-state index contributed by atoms with van der Waals surface area (Å²) < 4.78 is 30.5. The number of hydrogen-bond acceptors (Lipinski definition) is 3. The van der Waals surface area contributed by atoms with Gasteiger partial charge in [-0.05, 0) is 42.3 Å². The van der Waals surface area contributed by atoms with Crippen LogP contribution in [-0.2, 0) is 16.0 Å². The number of carbonyl (C=O) groups excluding carboxylic acids is 2. The van der Waals surface area contributed by atoms with E-state index in [2.05, 4.69) is 5.32 Å². The molecule has 0 spiro atoms. The van der Waals surface area contributed by atoms with E-state index in [1.54, 1.807) is 12.1 Å². The van der Waals surface area contributed by atoms with E-state index in [9.17, 15) is 18.4 Å². The molecule has 23 heavy (non-hydrogen) atoms. The molecule has 0 fully saturated rings. The second-order valence-corrected chi connectivity index (χ2v) is 4.81. The summed E-state index contributed by atoms with van der Waals surface area (Å²) in [6.07, 6.45) is 0.532. The molecule has 0 saturated heterocycles. The lowest BCUT2D eigenvalue weighted by molar-refractivity contribution is -0.124. The minimum absolute atomic E-state index is 0.0455. The number of benzene rings is 2. The van der Waals surface area contributed by atoms with Crippen molar-refractivity contribution in [1.82, 2.24) is 5.32 Å². The van der Waals surface area contributed by atoms with Crippen molar-refractivity contribution >= 4 is 11.9 Å². The first-order valence-corrected chi connectivity index (χ1v) is 6.98. The number of carbonyl (C=O) groups is 2. The first-order chi connectivity index (χ1) is 11.0. The molecular weight excluding hydrogens is 304 g/mol. The van der Waals surface area contributed by atoms with Crippen LogP contribution in [0.1, 0.15) is 15.9 Å². The zero-order chi connectivity index (χ0) is 16.7. The van der Waals surface area contributed by atoms with Crippen molar-refractivity contribution < 1.29 is 23.1 Å². The third kappa shape index (κ3) is 5.50. The molecule has 0 radical (unpaired) electrons. The molecule has 1 amide bonds. The van der Waals surface area contributed by atoms with Crippen LogP contribution in [0.5, 0.6) is 0 Å². The SMILES string of the molecule is O=C(COC(=O)c1cccc(F)c1)NCCc1ccc(F)cc1. The van der Waals surface area contributed by atoms with Gasteiger partial charge in [0.05, 0.1) is 5.56 Å². The highest BCUT2D eigenvalue weighted by Crippen LogP contribution is 2.05. The normalized spacial score (nSPS) is 10.2. The number of rotatable bonds is 6. The maximum atomic E-state index is 13.0. The second kappa shape index (κ2) is 8.03. The lowest BCUT2D eigenvalue weighted by Crippen LogP contribution is -2.30. The van der Waals surface area contributed by atoms with Gasteiger partial charge in [0.2, 0.25) is 0 Å². The fraction of sp³-hybridized carbons (Fsp3) is 0.176. The minimum Gasteiger partial charge on any atom is -0.452 e. The van der Waals surface area contributed by atoms with Gasteiger partial charge in [0.15, 0.2) is 6.61 Å². The number of hydrogen-bond donors (Lipinski definition) is 1. The van der Waals surface area contributed by atoms with Crippen molar-refractivity contribution in [2.75, 3.05) is 13.2 Å². The largest absolute Gasteiger partial charge is 0.452 e. The molecule has 0 bridgehead atoms. The Balaban J connectivity index is 1.70. The van der Waals surface area contributed by atoms with Crippen LogP contribution in [0.25, 0.3) is 0 Å². The van der Waals surface area contributed by atoms with Crippen LogP contribution in [0, 0.1) is 11.6 Å². The highest BCUT2D eigenvalue weighted by molar-refractivity contribution is 5.91. The van der Waals surface area contributed by atoms with E-state index in [0.29, 0.717) is 13.0 Å². The standard InChI is InChI=1S/C17H15F2NO3/c18-14-6-4-12(5-7-14)8-9-20-16(21)11-23-17(22)13-2-1-3-15(19)10-13/h1-7,10H,8-9,11H2,(H,20,21). The lowest BCUT2D eigenvalue weighted by Gasteiger charge is -2.07. The van der Waals surface area contributed by atoms with Gasteiger partial charge in [0.1, 0.15) is 11.6 Å². The van der Waals surface area contributed by atoms with Crippen molar-refractivity contribution in [3.8, 4) is 0 Å². The summed E-state index contributed by atoms with van der Waals surface area (Å²) in [5.74, 6) is -2.10. The Bertz CT molecular complexity index is 686. The Morgan fingerprint density at radius 1 is 1.00 bits per heavy atom. The molecule has 4 nitrogen and oxygen atoms in total. The Morgan fingerprint density at radius 3 is 2.43 bits per heavy atom. The number of halogens is 2. The fourth-order valence-corrected chi connectivity index (χ4v) is 1.88. The summed E-state index contributed by atoms with van der Waals surface area (Å²) in [5, 5.41) is 2.58. The van der Waals surface area contributed by atoms with Crippen LogP contribution >= 0.6 is 0 Å². The van der Waals surface area contributed by atoms with Crippen LogP contribution in [0.3, 0.4) is 0 Å². The Morgan fingerprint density at radius 2 is 1.74 bits per heavy atom. The predicted octanol–water partition coefficient (Wildman–Crippen LogP) is 2.48. The van der Waals surface area contributed by atoms with Crippen molar-refractivity contribution in [1.29, 1.82) is 0 Å². The molecule has 2 aromatic carbocycles. The third-order valence-electron chi connectivity index (χ3n) is 3.04. The van der Waals surface area contributed by atoms with Crippen molar-refractivity contribution in [2.24, 2.45) is 0 Å². The third-order valence-corrected chi connectivity index (χ3v) is 3.04. The Hall–Kier alpha value is -2.76. The zero-order valence-corrected chi connectivity index (χ0v) is 12.2. The van der Waals surface area contributed by atoms with Crippen molar-refractivity contribution in [3.63, 3.8) is 0 Å². The smallest absolute Gasteiger partial charge is 0.338 e. The van der Waals surface area contributed by atoms with E-state index in [1.165, 1.54) is 30.3 Å². The van der Waals surface area contributed by atoms with E-state index in [-0.39, 0.29) is 11.4 Å².